The topological polar surface area (TPSA) is 118 Å². The minimum Gasteiger partial charge on any atom is -0.427 e. The van der Waals surface area contributed by atoms with Crippen molar-refractivity contribution in [2.45, 2.75) is 25.7 Å². The van der Waals surface area contributed by atoms with Crippen LogP contribution >= 0.6 is 0 Å². The van der Waals surface area contributed by atoms with Crippen molar-refractivity contribution in [3.63, 3.8) is 0 Å². The van der Waals surface area contributed by atoms with Crippen molar-refractivity contribution in [1.29, 1.82) is 0 Å². The van der Waals surface area contributed by atoms with E-state index in [0.717, 1.165) is 25.9 Å². The van der Waals surface area contributed by atoms with E-state index < -0.39 is 21.6 Å². The van der Waals surface area contributed by atoms with E-state index in [1.807, 2.05) is 0 Å². The van der Waals surface area contributed by atoms with Gasteiger partial charge in [0, 0.05) is 19.0 Å². The number of aryl methyl sites for hydroxylation is 1. The van der Waals surface area contributed by atoms with E-state index in [4.69, 9.17) is 4.42 Å². The molecule has 1 atom stereocenters. The summed E-state index contributed by atoms with van der Waals surface area (Å²) in [4.78, 5) is 24.3. The van der Waals surface area contributed by atoms with E-state index in [0.29, 0.717) is 11.3 Å². The lowest BCUT2D eigenvalue weighted by atomic mass is 9.95. The van der Waals surface area contributed by atoms with Gasteiger partial charge in [-0.2, -0.15) is 0 Å². The maximum atomic E-state index is 12.2. The van der Waals surface area contributed by atoms with E-state index in [9.17, 15) is 18.0 Å². The van der Waals surface area contributed by atoms with Crippen LogP contribution in [0.15, 0.2) is 15.3 Å². The molecule has 0 bridgehead atoms. The Morgan fingerprint density at radius 2 is 2.21 bits per heavy atom. The summed E-state index contributed by atoms with van der Waals surface area (Å²) < 4.78 is 30.1. The third-order valence-electron chi connectivity index (χ3n) is 4.06. The summed E-state index contributed by atoms with van der Waals surface area (Å²) in [7, 11) is -2.11. The van der Waals surface area contributed by atoms with Gasteiger partial charge in [-0.15, -0.1) is 0 Å². The van der Waals surface area contributed by atoms with Gasteiger partial charge in [0.1, 0.15) is 11.3 Å². The van der Waals surface area contributed by atoms with Gasteiger partial charge in [-0.3, -0.25) is 4.79 Å². The highest BCUT2D eigenvalue weighted by molar-refractivity contribution is 7.89. The van der Waals surface area contributed by atoms with Crippen LogP contribution in [0.1, 0.15) is 40.4 Å². The summed E-state index contributed by atoms with van der Waals surface area (Å²) in [6.07, 6.45) is 1.94. The van der Waals surface area contributed by atoms with E-state index in [1.54, 1.807) is 13.0 Å². The van der Waals surface area contributed by atoms with Gasteiger partial charge < -0.3 is 15.1 Å². The average molecular weight is 357 g/mol. The molecule has 1 fully saturated rings. The second-order valence-electron chi connectivity index (χ2n) is 5.82. The lowest BCUT2D eigenvalue weighted by molar-refractivity contribution is 0.0951. The fourth-order valence-corrected chi connectivity index (χ4v) is 3.27. The molecule has 134 valence electrons. The molecule has 8 nitrogen and oxygen atoms in total. The molecule has 1 amide bonds. The molecule has 1 saturated heterocycles. The van der Waals surface area contributed by atoms with Gasteiger partial charge in [0.05, 0.1) is 5.75 Å². The predicted octanol–water partition coefficient (Wildman–Crippen LogP) is -0.306. The van der Waals surface area contributed by atoms with Gasteiger partial charge in [0.25, 0.3) is 5.91 Å². The van der Waals surface area contributed by atoms with Gasteiger partial charge in [0.15, 0.2) is 0 Å². The standard InChI is InChI=1S/C15H23N3O5S/c1-10-8-12(11-4-3-5-17-9-11)23-15(20)13(10)14(19)18-6-7-24(21,22)16-2/h8,11,16-17H,3-7,9H2,1-2H3,(H,18,19). The van der Waals surface area contributed by atoms with Crippen molar-refractivity contribution in [3.05, 3.63) is 33.4 Å². The zero-order chi connectivity index (χ0) is 17.7. The first-order chi connectivity index (χ1) is 11.3. The minimum atomic E-state index is -3.41. The first-order valence-electron chi connectivity index (χ1n) is 7.89. The summed E-state index contributed by atoms with van der Waals surface area (Å²) in [5.74, 6) is -0.172. The lowest BCUT2D eigenvalue weighted by Gasteiger charge is -2.22. The smallest absolute Gasteiger partial charge is 0.349 e. The van der Waals surface area contributed by atoms with Gasteiger partial charge >= 0.3 is 5.63 Å². The fourth-order valence-electron chi connectivity index (χ4n) is 2.69. The Morgan fingerprint density at radius 3 is 2.79 bits per heavy atom. The third-order valence-corrected chi connectivity index (χ3v) is 5.43. The van der Waals surface area contributed by atoms with Gasteiger partial charge in [0.2, 0.25) is 10.0 Å². The normalized spacial score (nSPS) is 18.3. The number of carbonyl (C=O) groups is 1. The molecule has 1 aliphatic heterocycles. The molecule has 9 heteroatoms. The lowest BCUT2D eigenvalue weighted by Crippen LogP contribution is -2.35. The minimum absolute atomic E-state index is 0.0793. The molecule has 1 aromatic heterocycles. The van der Waals surface area contributed by atoms with Crippen molar-refractivity contribution >= 4 is 15.9 Å². The molecule has 0 radical (unpaired) electrons. The van der Waals surface area contributed by atoms with Crippen molar-refractivity contribution in [2.24, 2.45) is 0 Å². The van der Waals surface area contributed by atoms with Gasteiger partial charge in [-0.05, 0) is 45.0 Å². The molecule has 2 rings (SSSR count). The largest absolute Gasteiger partial charge is 0.427 e. The molecule has 0 saturated carbocycles. The third kappa shape index (κ3) is 4.65. The van der Waals surface area contributed by atoms with Gasteiger partial charge in [-0.25, -0.2) is 17.9 Å². The zero-order valence-electron chi connectivity index (χ0n) is 13.8. The van der Waals surface area contributed by atoms with E-state index >= 15 is 0 Å². The predicted molar refractivity (Wildman–Crippen MR) is 89.7 cm³/mol. The second kappa shape index (κ2) is 7.91. The van der Waals surface area contributed by atoms with E-state index in [2.05, 4.69) is 15.4 Å². The number of nitrogens with one attached hydrogen (secondary N) is 3. The van der Waals surface area contributed by atoms with Crippen LogP contribution < -0.4 is 21.0 Å². The van der Waals surface area contributed by atoms with Crippen LogP contribution in [-0.2, 0) is 10.0 Å². The van der Waals surface area contributed by atoms with Crippen LogP contribution in [0.25, 0.3) is 0 Å². The highest BCUT2D eigenvalue weighted by Gasteiger charge is 2.22. The molecule has 24 heavy (non-hydrogen) atoms. The molecule has 1 aliphatic rings. The number of piperidine rings is 1. The average Bonchev–Trinajstić information content (AvgIpc) is 2.55. The molecule has 0 spiro atoms. The molecular weight excluding hydrogens is 334 g/mol. The Kier molecular flexibility index (Phi) is 6.14. The first kappa shape index (κ1) is 18.6. The number of amides is 1. The molecular formula is C15H23N3O5S. The quantitative estimate of drug-likeness (QED) is 0.643. The maximum absolute atomic E-state index is 12.2. The van der Waals surface area contributed by atoms with Crippen LogP contribution in [0, 0.1) is 6.92 Å². The Balaban J connectivity index is 2.10. The SMILES string of the molecule is CNS(=O)(=O)CCNC(=O)c1c(C)cc(C2CCCNC2)oc1=O. The molecule has 1 unspecified atom stereocenters. The van der Waals surface area contributed by atoms with Crippen LogP contribution in [0.2, 0.25) is 0 Å². The van der Waals surface area contributed by atoms with Crippen LogP contribution in [-0.4, -0.2) is 46.8 Å². The Hall–Kier alpha value is -1.71. The molecule has 3 N–H and O–H groups in total. The molecule has 2 heterocycles. The number of hydrogen-bond donors (Lipinski definition) is 3. The van der Waals surface area contributed by atoms with E-state index in [-0.39, 0.29) is 23.8 Å². The highest BCUT2D eigenvalue weighted by Crippen LogP contribution is 2.23. The Morgan fingerprint density at radius 1 is 1.46 bits per heavy atom. The molecule has 1 aromatic rings. The second-order valence-corrected chi connectivity index (χ2v) is 7.86. The zero-order valence-corrected chi connectivity index (χ0v) is 14.7. The maximum Gasteiger partial charge on any atom is 0.349 e. The summed E-state index contributed by atoms with van der Waals surface area (Å²) in [6.45, 7) is 3.29. The number of sulfonamides is 1. The Labute approximate surface area is 141 Å². The number of hydrogen-bond acceptors (Lipinski definition) is 6. The van der Waals surface area contributed by atoms with Crippen LogP contribution in [0.4, 0.5) is 0 Å². The monoisotopic (exact) mass is 357 g/mol. The van der Waals surface area contributed by atoms with Crippen LogP contribution in [0.5, 0.6) is 0 Å². The molecule has 0 aliphatic carbocycles. The molecule has 0 aromatic carbocycles. The fraction of sp³-hybridized carbons (Fsp3) is 0.600. The number of rotatable bonds is 6. The summed E-state index contributed by atoms with van der Waals surface area (Å²) >= 11 is 0. The number of carbonyl (C=O) groups excluding carboxylic acids is 1. The van der Waals surface area contributed by atoms with Crippen molar-refractivity contribution in [3.8, 4) is 0 Å². The Bertz CT molecular complexity index is 751. The summed E-state index contributed by atoms with van der Waals surface area (Å²) in [5, 5.41) is 5.69. The van der Waals surface area contributed by atoms with Crippen LogP contribution in [0.3, 0.4) is 0 Å². The van der Waals surface area contributed by atoms with Gasteiger partial charge in [-0.1, -0.05) is 0 Å². The summed E-state index contributed by atoms with van der Waals surface area (Å²) in [5.41, 5.74) is -0.241. The van der Waals surface area contributed by atoms with Crippen molar-refractivity contribution in [1.82, 2.24) is 15.4 Å². The van der Waals surface area contributed by atoms with Crippen molar-refractivity contribution < 1.29 is 17.6 Å². The summed E-state index contributed by atoms with van der Waals surface area (Å²) in [6, 6.07) is 1.72. The van der Waals surface area contributed by atoms with E-state index in [1.165, 1.54) is 7.05 Å². The van der Waals surface area contributed by atoms with Crippen molar-refractivity contribution in [2.75, 3.05) is 32.4 Å². The highest BCUT2D eigenvalue weighted by atomic mass is 32.2. The first-order valence-corrected chi connectivity index (χ1v) is 9.54.